The zero-order valence-corrected chi connectivity index (χ0v) is 15.9. The standard InChI is InChI=1S/C21H29NO2S/c1-2-8-19(13-6-11-18-12-7-16-24-18)25-21(14-15-21)20(23)22-17-9-4-3-5-10-17/h6-8,12-13,16-17H,2-5,9-11,14-15H2,1H3,(H,22,23)/b13-6-,19-8+. The SMILES string of the molecule is CC/C=C(\C=C/Cc1ccco1)SC1(C(=O)NC2CCCCC2)CC1. The first-order chi connectivity index (χ1) is 12.2. The van der Waals surface area contributed by atoms with Crippen LogP contribution >= 0.6 is 11.8 Å². The van der Waals surface area contributed by atoms with Crippen molar-refractivity contribution in [2.45, 2.75) is 75.5 Å². The van der Waals surface area contributed by atoms with E-state index in [9.17, 15) is 4.79 Å². The molecule has 0 radical (unpaired) electrons. The van der Waals surface area contributed by atoms with Gasteiger partial charge in [-0.1, -0.05) is 44.4 Å². The van der Waals surface area contributed by atoms with E-state index < -0.39 is 0 Å². The van der Waals surface area contributed by atoms with Crippen molar-refractivity contribution in [3.05, 3.63) is 47.3 Å². The lowest BCUT2D eigenvalue weighted by Gasteiger charge is -2.25. The molecule has 0 saturated heterocycles. The predicted octanol–water partition coefficient (Wildman–Crippen LogP) is 5.39. The smallest absolute Gasteiger partial charge is 0.236 e. The Morgan fingerprint density at radius 2 is 2.16 bits per heavy atom. The lowest BCUT2D eigenvalue weighted by atomic mass is 9.95. The number of furan rings is 1. The fourth-order valence-electron chi connectivity index (χ4n) is 3.34. The molecule has 1 aromatic rings. The first-order valence-corrected chi connectivity index (χ1v) is 10.4. The van der Waals surface area contributed by atoms with Crippen molar-refractivity contribution >= 4 is 17.7 Å². The molecular weight excluding hydrogens is 330 g/mol. The highest BCUT2D eigenvalue weighted by Crippen LogP contribution is 2.52. The summed E-state index contributed by atoms with van der Waals surface area (Å²) in [5.41, 5.74) is 0. The Labute approximate surface area is 155 Å². The average molecular weight is 360 g/mol. The Balaban J connectivity index is 1.56. The van der Waals surface area contributed by atoms with E-state index in [4.69, 9.17) is 4.42 Å². The van der Waals surface area contributed by atoms with Gasteiger partial charge in [-0.25, -0.2) is 0 Å². The number of amides is 1. The Hall–Kier alpha value is -1.42. The van der Waals surface area contributed by atoms with Gasteiger partial charge in [0.2, 0.25) is 5.91 Å². The molecule has 2 fully saturated rings. The number of nitrogens with one attached hydrogen (secondary N) is 1. The number of hydrogen-bond donors (Lipinski definition) is 1. The molecule has 0 spiro atoms. The second-order valence-corrected chi connectivity index (χ2v) is 8.56. The Morgan fingerprint density at radius 3 is 2.80 bits per heavy atom. The van der Waals surface area contributed by atoms with E-state index in [0.29, 0.717) is 6.04 Å². The van der Waals surface area contributed by atoms with Crippen LogP contribution in [-0.4, -0.2) is 16.7 Å². The summed E-state index contributed by atoms with van der Waals surface area (Å²) in [5, 5.41) is 3.32. The van der Waals surface area contributed by atoms with Crippen LogP contribution in [0.5, 0.6) is 0 Å². The summed E-state index contributed by atoms with van der Waals surface area (Å²) in [6, 6.07) is 4.29. The highest BCUT2D eigenvalue weighted by Gasteiger charge is 2.51. The van der Waals surface area contributed by atoms with E-state index in [-0.39, 0.29) is 10.7 Å². The van der Waals surface area contributed by atoms with E-state index in [0.717, 1.165) is 44.3 Å². The fourth-order valence-corrected chi connectivity index (χ4v) is 4.67. The van der Waals surface area contributed by atoms with Gasteiger partial charge in [0.1, 0.15) is 5.76 Å². The van der Waals surface area contributed by atoms with Gasteiger partial charge in [0.05, 0.1) is 11.0 Å². The van der Waals surface area contributed by atoms with Crippen LogP contribution in [-0.2, 0) is 11.2 Å². The maximum absolute atomic E-state index is 12.8. The molecule has 4 heteroatoms. The zero-order valence-electron chi connectivity index (χ0n) is 15.1. The summed E-state index contributed by atoms with van der Waals surface area (Å²) < 4.78 is 5.14. The summed E-state index contributed by atoms with van der Waals surface area (Å²) in [6.07, 6.45) is 18.1. The number of rotatable bonds is 8. The van der Waals surface area contributed by atoms with Crippen LogP contribution < -0.4 is 5.32 Å². The molecule has 1 N–H and O–H groups in total. The summed E-state index contributed by atoms with van der Waals surface area (Å²) >= 11 is 1.75. The van der Waals surface area contributed by atoms with E-state index in [1.165, 1.54) is 24.2 Å². The maximum Gasteiger partial charge on any atom is 0.236 e. The Bertz CT molecular complexity index is 608. The number of thioether (sulfide) groups is 1. The van der Waals surface area contributed by atoms with Gasteiger partial charge < -0.3 is 9.73 Å². The van der Waals surface area contributed by atoms with Crippen LogP contribution in [0.1, 0.15) is 64.1 Å². The molecule has 0 atom stereocenters. The zero-order chi connectivity index (χ0) is 17.5. The highest BCUT2D eigenvalue weighted by molar-refractivity contribution is 8.05. The molecule has 1 amide bonds. The molecule has 2 aliphatic carbocycles. The number of carbonyl (C=O) groups excluding carboxylic acids is 1. The third-order valence-corrected chi connectivity index (χ3v) is 6.48. The summed E-state index contributed by atoms with van der Waals surface area (Å²) in [6.45, 7) is 2.14. The van der Waals surface area contributed by atoms with E-state index >= 15 is 0 Å². The van der Waals surface area contributed by atoms with Crippen LogP contribution in [0.25, 0.3) is 0 Å². The average Bonchev–Trinajstić information content (AvgIpc) is 3.21. The largest absolute Gasteiger partial charge is 0.469 e. The summed E-state index contributed by atoms with van der Waals surface area (Å²) in [4.78, 5) is 14.0. The van der Waals surface area contributed by atoms with Gasteiger partial charge >= 0.3 is 0 Å². The first kappa shape index (κ1) is 18.4. The number of hydrogen-bond acceptors (Lipinski definition) is 3. The number of carbonyl (C=O) groups is 1. The third-order valence-electron chi connectivity index (χ3n) is 4.96. The molecule has 3 nitrogen and oxygen atoms in total. The van der Waals surface area contributed by atoms with Crippen LogP contribution in [0, 0.1) is 0 Å². The van der Waals surface area contributed by atoms with E-state index in [1.807, 2.05) is 12.1 Å². The second kappa shape index (κ2) is 8.79. The molecule has 0 aromatic carbocycles. The molecule has 0 aliphatic heterocycles. The molecule has 0 unspecified atom stereocenters. The monoisotopic (exact) mass is 359 g/mol. The molecule has 136 valence electrons. The Kier molecular flexibility index (Phi) is 6.46. The Morgan fingerprint density at radius 1 is 1.36 bits per heavy atom. The van der Waals surface area contributed by atoms with E-state index in [1.54, 1.807) is 18.0 Å². The minimum atomic E-state index is -0.229. The molecular formula is C21H29NO2S. The van der Waals surface area contributed by atoms with Crippen LogP contribution in [0.15, 0.2) is 45.9 Å². The maximum atomic E-state index is 12.8. The highest BCUT2D eigenvalue weighted by atomic mass is 32.2. The predicted molar refractivity (Wildman–Crippen MR) is 104 cm³/mol. The van der Waals surface area contributed by atoms with Crippen LogP contribution in [0.3, 0.4) is 0 Å². The number of allylic oxidation sites excluding steroid dienone is 3. The quantitative estimate of drug-likeness (QED) is 0.633. The minimum absolute atomic E-state index is 0.229. The van der Waals surface area contributed by atoms with Gasteiger partial charge in [-0.2, -0.15) is 0 Å². The molecule has 3 rings (SSSR count). The fraction of sp³-hybridized carbons (Fsp3) is 0.571. The summed E-state index contributed by atoms with van der Waals surface area (Å²) in [7, 11) is 0. The molecule has 1 heterocycles. The van der Waals surface area contributed by atoms with Gasteiger partial charge in [-0.3, -0.25) is 4.79 Å². The second-order valence-electron chi connectivity index (χ2n) is 7.11. The van der Waals surface area contributed by atoms with Crippen molar-refractivity contribution in [1.82, 2.24) is 5.32 Å². The summed E-state index contributed by atoms with van der Waals surface area (Å²) in [5.74, 6) is 1.22. The lowest BCUT2D eigenvalue weighted by molar-refractivity contribution is -0.122. The van der Waals surface area contributed by atoms with Gasteiger partial charge in [-0.15, -0.1) is 11.8 Å². The molecule has 1 aromatic heterocycles. The molecule has 25 heavy (non-hydrogen) atoms. The van der Waals surface area contributed by atoms with Crippen molar-refractivity contribution in [1.29, 1.82) is 0 Å². The van der Waals surface area contributed by atoms with Crippen LogP contribution in [0.2, 0.25) is 0 Å². The minimum Gasteiger partial charge on any atom is -0.469 e. The van der Waals surface area contributed by atoms with Gasteiger partial charge in [0.25, 0.3) is 0 Å². The lowest BCUT2D eigenvalue weighted by Crippen LogP contribution is -2.42. The van der Waals surface area contributed by atoms with Crippen molar-refractivity contribution in [3.63, 3.8) is 0 Å². The van der Waals surface area contributed by atoms with Crippen molar-refractivity contribution in [2.24, 2.45) is 0 Å². The van der Waals surface area contributed by atoms with Gasteiger partial charge in [0, 0.05) is 17.4 Å². The molecule has 0 bridgehead atoms. The van der Waals surface area contributed by atoms with Crippen molar-refractivity contribution in [2.75, 3.05) is 0 Å². The first-order valence-electron chi connectivity index (χ1n) is 9.61. The normalized spacial score (nSPS) is 20.8. The van der Waals surface area contributed by atoms with Crippen molar-refractivity contribution < 1.29 is 9.21 Å². The van der Waals surface area contributed by atoms with Gasteiger partial charge in [0.15, 0.2) is 0 Å². The molecule has 2 aliphatic rings. The van der Waals surface area contributed by atoms with Crippen molar-refractivity contribution in [3.8, 4) is 0 Å². The third kappa shape index (κ3) is 5.27. The molecule has 2 saturated carbocycles. The topological polar surface area (TPSA) is 42.2 Å². The van der Waals surface area contributed by atoms with E-state index in [2.05, 4.69) is 30.5 Å². The van der Waals surface area contributed by atoms with Crippen LogP contribution in [0.4, 0.5) is 0 Å². The van der Waals surface area contributed by atoms with Gasteiger partial charge in [-0.05, 0) is 44.2 Å².